The average Bonchev–Trinajstić information content (AvgIpc) is 2.67. The molecule has 27 heavy (non-hydrogen) atoms. The van der Waals surface area contributed by atoms with Crippen LogP contribution >= 0.6 is 0 Å². The van der Waals surface area contributed by atoms with Gasteiger partial charge in [0.2, 0.25) is 5.91 Å². The van der Waals surface area contributed by atoms with Gasteiger partial charge in [-0.2, -0.15) is 0 Å². The van der Waals surface area contributed by atoms with E-state index in [9.17, 15) is 4.79 Å². The van der Waals surface area contributed by atoms with E-state index in [0.717, 1.165) is 29.7 Å². The molecule has 1 amide bonds. The van der Waals surface area contributed by atoms with Crippen LogP contribution in [0, 0.1) is 6.92 Å². The molecule has 0 radical (unpaired) electrons. The monoisotopic (exact) mass is 371 g/mol. The molecule has 146 valence electrons. The second-order valence-electron chi connectivity index (χ2n) is 6.39. The lowest BCUT2D eigenvalue weighted by molar-refractivity contribution is -0.115. The molecule has 0 saturated heterocycles. The van der Waals surface area contributed by atoms with E-state index in [1.807, 2.05) is 50.2 Å². The molecule has 0 saturated carbocycles. The lowest BCUT2D eigenvalue weighted by atomic mass is 10.1. The van der Waals surface area contributed by atoms with Gasteiger partial charge in [0.1, 0.15) is 5.75 Å². The van der Waals surface area contributed by atoms with E-state index in [4.69, 9.17) is 14.2 Å². The van der Waals surface area contributed by atoms with Gasteiger partial charge in [0.05, 0.1) is 26.7 Å². The Morgan fingerprint density at radius 1 is 0.926 bits per heavy atom. The van der Waals surface area contributed by atoms with Crippen molar-refractivity contribution in [3.63, 3.8) is 0 Å². The Morgan fingerprint density at radius 2 is 1.63 bits per heavy atom. The molecule has 5 heteroatoms. The van der Waals surface area contributed by atoms with Gasteiger partial charge in [-0.05, 0) is 49.1 Å². The molecule has 0 bridgehead atoms. The van der Waals surface area contributed by atoms with Crippen molar-refractivity contribution < 1.29 is 19.0 Å². The molecule has 0 aliphatic heterocycles. The van der Waals surface area contributed by atoms with E-state index >= 15 is 0 Å². The van der Waals surface area contributed by atoms with Crippen LogP contribution in [0.15, 0.2) is 36.4 Å². The van der Waals surface area contributed by atoms with Crippen molar-refractivity contribution in [1.82, 2.24) is 0 Å². The number of ether oxygens (including phenoxy) is 3. The number of amides is 1. The van der Waals surface area contributed by atoms with Gasteiger partial charge in [0.25, 0.3) is 0 Å². The van der Waals surface area contributed by atoms with Crippen LogP contribution in [0.3, 0.4) is 0 Å². The van der Waals surface area contributed by atoms with Gasteiger partial charge in [-0.3, -0.25) is 4.79 Å². The van der Waals surface area contributed by atoms with Crippen molar-refractivity contribution in [2.75, 3.05) is 25.6 Å². The van der Waals surface area contributed by atoms with Gasteiger partial charge in [-0.15, -0.1) is 0 Å². The predicted molar refractivity (Wildman–Crippen MR) is 108 cm³/mol. The first-order valence-electron chi connectivity index (χ1n) is 9.40. The molecule has 0 aromatic heterocycles. The van der Waals surface area contributed by atoms with Crippen LogP contribution in [0.5, 0.6) is 17.2 Å². The zero-order chi connectivity index (χ0) is 19.6. The molecule has 5 nitrogen and oxygen atoms in total. The van der Waals surface area contributed by atoms with Gasteiger partial charge in [0, 0.05) is 11.8 Å². The minimum absolute atomic E-state index is 0.0930. The van der Waals surface area contributed by atoms with Crippen LogP contribution in [0.4, 0.5) is 5.69 Å². The first kappa shape index (κ1) is 20.6. The standard InChI is InChI=1S/C22H29NO4/c1-5-11-26-19-10-9-18(15-21(19)27-12-6-2)23-22(24)14-17-8-7-16(3)20(13-17)25-4/h7-10,13,15H,5-6,11-12,14H2,1-4H3,(H,23,24). The van der Waals surface area contributed by atoms with Gasteiger partial charge in [-0.25, -0.2) is 0 Å². The summed E-state index contributed by atoms with van der Waals surface area (Å²) in [5.41, 5.74) is 2.64. The number of carbonyl (C=O) groups excluding carboxylic acids is 1. The summed E-state index contributed by atoms with van der Waals surface area (Å²) in [6.07, 6.45) is 2.10. The van der Waals surface area contributed by atoms with Crippen molar-refractivity contribution in [3.05, 3.63) is 47.5 Å². The number of anilines is 1. The van der Waals surface area contributed by atoms with Gasteiger partial charge >= 0.3 is 0 Å². The maximum Gasteiger partial charge on any atom is 0.228 e. The Morgan fingerprint density at radius 3 is 2.30 bits per heavy atom. The van der Waals surface area contributed by atoms with Crippen molar-refractivity contribution in [2.45, 2.75) is 40.0 Å². The maximum absolute atomic E-state index is 12.4. The van der Waals surface area contributed by atoms with E-state index in [-0.39, 0.29) is 12.3 Å². The smallest absolute Gasteiger partial charge is 0.228 e. The van der Waals surface area contributed by atoms with E-state index in [1.54, 1.807) is 7.11 Å². The Balaban J connectivity index is 2.07. The second-order valence-corrected chi connectivity index (χ2v) is 6.39. The van der Waals surface area contributed by atoms with Crippen LogP contribution in [0.1, 0.15) is 37.8 Å². The lowest BCUT2D eigenvalue weighted by Gasteiger charge is -2.14. The molecule has 2 rings (SSSR count). The number of benzene rings is 2. The number of carbonyl (C=O) groups is 1. The van der Waals surface area contributed by atoms with Gasteiger partial charge in [0.15, 0.2) is 11.5 Å². The predicted octanol–water partition coefficient (Wildman–Crippen LogP) is 4.76. The fourth-order valence-electron chi connectivity index (χ4n) is 2.61. The maximum atomic E-state index is 12.4. The molecule has 0 aliphatic rings. The van der Waals surface area contributed by atoms with E-state index in [1.165, 1.54) is 0 Å². The molecule has 0 unspecified atom stereocenters. The fourth-order valence-corrected chi connectivity index (χ4v) is 2.61. The van der Waals surface area contributed by atoms with Crippen molar-refractivity contribution in [1.29, 1.82) is 0 Å². The quantitative estimate of drug-likeness (QED) is 0.654. The Labute approximate surface area is 161 Å². The molecule has 0 fully saturated rings. The van der Waals surface area contributed by atoms with Crippen LogP contribution in [-0.2, 0) is 11.2 Å². The Kier molecular flexibility index (Phi) is 7.99. The molecule has 1 N–H and O–H groups in total. The number of hydrogen-bond acceptors (Lipinski definition) is 4. The summed E-state index contributed by atoms with van der Waals surface area (Å²) < 4.78 is 16.8. The van der Waals surface area contributed by atoms with Crippen molar-refractivity contribution in [3.8, 4) is 17.2 Å². The van der Waals surface area contributed by atoms with Crippen molar-refractivity contribution in [2.24, 2.45) is 0 Å². The van der Waals surface area contributed by atoms with E-state index in [0.29, 0.717) is 30.4 Å². The molecule has 0 atom stereocenters. The van der Waals surface area contributed by atoms with Gasteiger partial charge < -0.3 is 19.5 Å². The minimum atomic E-state index is -0.0930. The topological polar surface area (TPSA) is 56.8 Å². The molecule has 0 spiro atoms. The number of nitrogens with one attached hydrogen (secondary N) is 1. The normalized spacial score (nSPS) is 10.4. The molecular weight excluding hydrogens is 342 g/mol. The highest BCUT2D eigenvalue weighted by atomic mass is 16.5. The zero-order valence-corrected chi connectivity index (χ0v) is 16.6. The third-order valence-electron chi connectivity index (χ3n) is 3.99. The highest BCUT2D eigenvalue weighted by molar-refractivity contribution is 5.92. The van der Waals surface area contributed by atoms with Crippen LogP contribution in [0.25, 0.3) is 0 Å². The number of aryl methyl sites for hydroxylation is 1. The first-order valence-corrected chi connectivity index (χ1v) is 9.40. The molecule has 2 aromatic rings. The average molecular weight is 371 g/mol. The van der Waals surface area contributed by atoms with Crippen LogP contribution in [0.2, 0.25) is 0 Å². The van der Waals surface area contributed by atoms with Gasteiger partial charge in [-0.1, -0.05) is 26.0 Å². The Hall–Kier alpha value is -2.69. The largest absolute Gasteiger partial charge is 0.496 e. The summed E-state index contributed by atoms with van der Waals surface area (Å²) in [5.74, 6) is 2.05. The molecule has 0 aliphatic carbocycles. The highest BCUT2D eigenvalue weighted by Gasteiger charge is 2.10. The highest BCUT2D eigenvalue weighted by Crippen LogP contribution is 2.31. The summed E-state index contributed by atoms with van der Waals surface area (Å²) in [7, 11) is 1.63. The molecule has 0 heterocycles. The third kappa shape index (κ3) is 6.20. The minimum Gasteiger partial charge on any atom is -0.496 e. The van der Waals surface area contributed by atoms with E-state index < -0.39 is 0 Å². The van der Waals surface area contributed by atoms with E-state index in [2.05, 4.69) is 12.2 Å². The Bertz CT molecular complexity index is 758. The molecule has 2 aromatic carbocycles. The number of rotatable bonds is 10. The second kappa shape index (κ2) is 10.5. The number of hydrogen-bond donors (Lipinski definition) is 1. The summed E-state index contributed by atoms with van der Waals surface area (Å²) >= 11 is 0. The molecular formula is C22H29NO4. The summed E-state index contributed by atoms with van der Waals surface area (Å²) in [5, 5.41) is 2.93. The summed E-state index contributed by atoms with van der Waals surface area (Å²) in [6, 6.07) is 11.3. The SMILES string of the molecule is CCCOc1ccc(NC(=O)Cc2ccc(C)c(OC)c2)cc1OCCC. The van der Waals surface area contributed by atoms with Crippen LogP contribution in [-0.4, -0.2) is 26.2 Å². The van der Waals surface area contributed by atoms with Crippen molar-refractivity contribution >= 4 is 11.6 Å². The number of methoxy groups -OCH3 is 1. The third-order valence-corrected chi connectivity index (χ3v) is 3.99. The first-order chi connectivity index (χ1) is 13.1. The summed E-state index contributed by atoms with van der Waals surface area (Å²) in [4.78, 5) is 12.4. The lowest BCUT2D eigenvalue weighted by Crippen LogP contribution is -2.14. The van der Waals surface area contributed by atoms with Crippen LogP contribution < -0.4 is 19.5 Å². The fraction of sp³-hybridized carbons (Fsp3) is 0.409. The zero-order valence-electron chi connectivity index (χ0n) is 16.6. The summed E-state index contributed by atoms with van der Waals surface area (Å²) in [6.45, 7) is 7.31.